The molecule has 106 valence electrons. The molecule has 2 aromatic heterocycles. The van der Waals surface area contributed by atoms with E-state index in [0.29, 0.717) is 18.3 Å². The lowest BCUT2D eigenvalue weighted by Crippen LogP contribution is -2.24. The summed E-state index contributed by atoms with van der Waals surface area (Å²) in [5.74, 6) is 0.424. The second-order valence-electron chi connectivity index (χ2n) is 4.04. The Morgan fingerprint density at radius 3 is 3.05 bits per heavy atom. The molecule has 7 heteroatoms. The maximum absolute atomic E-state index is 11.8. The normalized spacial score (nSPS) is 10.3. The highest BCUT2D eigenvalue weighted by atomic mass is 16.5. The number of carbonyl (C=O) groups excluding carboxylic acids is 1. The predicted molar refractivity (Wildman–Crippen MR) is 71.7 cm³/mol. The van der Waals surface area contributed by atoms with Crippen molar-refractivity contribution in [2.45, 2.75) is 20.4 Å². The van der Waals surface area contributed by atoms with Crippen LogP contribution in [0, 0.1) is 6.92 Å². The van der Waals surface area contributed by atoms with Crippen LogP contribution in [0.15, 0.2) is 33.9 Å². The van der Waals surface area contributed by atoms with Crippen LogP contribution in [0.3, 0.4) is 0 Å². The van der Waals surface area contributed by atoms with Crippen molar-refractivity contribution in [2.24, 2.45) is 0 Å². The molecule has 1 amide bonds. The van der Waals surface area contributed by atoms with Gasteiger partial charge in [-0.1, -0.05) is 0 Å². The summed E-state index contributed by atoms with van der Waals surface area (Å²) < 4.78 is 12.0. The Morgan fingerprint density at radius 1 is 1.55 bits per heavy atom. The van der Waals surface area contributed by atoms with Crippen LogP contribution in [0.1, 0.15) is 12.7 Å². The smallest absolute Gasteiger partial charge is 0.264 e. The van der Waals surface area contributed by atoms with E-state index >= 15 is 0 Å². The summed E-state index contributed by atoms with van der Waals surface area (Å²) in [6.45, 7) is 3.94. The van der Waals surface area contributed by atoms with Crippen LogP contribution in [0.2, 0.25) is 0 Å². The Bertz CT molecular complexity index is 660. The van der Waals surface area contributed by atoms with Crippen molar-refractivity contribution in [1.82, 2.24) is 9.55 Å². The number of amides is 1. The zero-order valence-corrected chi connectivity index (χ0v) is 11.3. The van der Waals surface area contributed by atoms with Gasteiger partial charge >= 0.3 is 0 Å². The lowest BCUT2D eigenvalue weighted by molar-refractivity contribution is -0.118. The average molecular weight is 277 g/mol. The average Bonchev–Trinajstić information content (AvgIpc) is 2.85. The first-order valence-electron chi connectivity index (χ1n) is 6.14. The van der Waals surface area contributed by atoms with Gasteiger partial charge in [-0.3, -0.25) is 14.9 Å². The molecule has 0 unspecified atom stereocenters. The maximum Gasteiger partial charge on any atom is 0.264 e. The molecule has 0 saturated carbocycles. The highest BCUT2D eigenvalue weighted by molar-refractivity contribution is 5.90. The molecule has 0 bridgehead atoms. The highest BCUT2D eigenvalue weighted by Crippen LogP contribution is 2.10. The summed E-state index contributed by atoms with van der Waals surface area (Å²) in [7, 11) is 0. The molecule has 2 rings (SSSR count). The molecule has 1 N–H and O–H groups in total. The van der Waals surface area contributed by atoms with Crippen LogP contribution >= 0.6 is 0 Å². The summed E-state index contributed by atoms with van der Waals surface area (Å²) in [6, 6.07) is 1.24. The van der Waals surface area contributed by atoms with E-state index in [1.165, 1.54) is 12.3 Å². The predicted octanol–water partition coefficient (Wildman–Crippen LogP) is 1.18. The molecule has 20 heavy (non-hydrogen) atoms. The van der Waals surface area contributed by atoms with Gasteiger partial charge in [0, 0.05) is 25.0 Å². The first-order valence-corrected chi connectivity index (χ1v) is 6.14. The number of carbonyl (C=O) groups is 1. The van der Waals surface area contributed by atoms with Crippen molar-refractivity contribution < 1.29 is 13.9 Å². The third-order valence-electron chi connectivity index (χ3n) is 2.66. The number of rotatable bonds is 5. The molecule has 2 aromatic rings. The molecule has 0 aliphatic rings. The molecule has 0 fully saturated rings. The van der Waals surface area contributed by atoms with Gasteiger partial charge in [0.05, 0.1) is 6.26 Å². The third kappa shape index (κ3) is 3.05. The maximum atomic E-state index is 11.8. The fourth-order valence-electron chi connectivity index (χ4n) is 1.66. The molecule has 0 aliphatic carbocycles. The van der Waals surface area contributed by atoms with Crippen LogP contribution in [-0.2, 0) is 11.3 Å². The van der Waals surface area contributed by atoms with Crippen molar-refractivity contribution in [3.63, 3.8) is 0 Å². The largest absolute Gasteiger partial charge is 0.476 e. The van der Waals surface area contributed by atoms with E-state index < -0.39 is 5.91 Å². The van der Waals surface area contributed by atoms with E-state index in [0.717, 1.165) is 0 Å². The van der Waals surface area contributed by atoms with Gasteiger partial charge in [0.25, 0.3) is 5.91 Å². The second-order valence-corrected chi connectivity index (χ2v) is 4.04. The van der Waals surface area contributed by atoms with Gasteiger partial charge in [-0.25, -0.2) is 4.98 Å². The summed E-state index contributed by atoms with van der Waals surface area (Å²) >= 11 is 0. The zero-order valence-electron chi connectivity index (χ0n) is 11.3. The van der Waals surface area contributed by atoms with Crippen molar-refractivity contribution in [3.05, 3.63) is 40.7 Å². The monoisotopic (exact) mass is 277 g/mol. The summed E-state index contributed by atoms with van der Waals surface area (Å²) in [6.07, 6.45) is 4.63. The summed E-state index contributed by atoms with van der Waals surface area (Å²) in [5.41, 5.74) is -0.323. The lowest BCUT2D eigenvalue weighted by Gasteiger charge is -2.08. The Morgan fingerprint density at radius 2 is 2.35 bits per heavy atom. The Hall–Kier alpha value is -2.57. The Labute approximate surface area is 115 Å². The molecule has 0 radical (unpaired) electrons. The Balaban J connectivity index is 1.98. The van der Waals surface area contributed by atoms with Gasteiger partial charge in [0.1, 0.15) is 5.76 Å². The molecule has 0 aromatic carbocycles. The number of hydrogen-bond donors (Lipinski definition) is 1. The number of nitrogens with one attached hydrogen (secondary N) is 1. The van der Waals surface area contributed by atoms with Crippen molar-refractivity contribution >= 4 is 11.9 Å². The van der Waals surface area contributed by atoms with Crippen molar-refractivity contribution in [3.8, 4) is 5.75 Å². The SMILES string of the molecule is CCn1ccnc1NC(=O)COc1c(C)occc1=O. The van der Waals surface area contributed by atoms with Crippen molar-refractivity contribution in [1.29, 1.82) is 0 Å². The zero-order chi connectivity index (χ0) is 14.5. The van der Waals surface area contributed by atoms with E-state index in [1.54, 1.807) is 23.9 Å². The van der Waals surface area contributed by atoms with Gasteiger partial charge in [-0.2, -0.15) is 0 Å². The fraction of sp³-hybridized carbons (Fsp3) is 0.308. The van der Waals surface area contributed by atoms with Crippen LogP contribution in [0.5, 0.6) is 5.75 Å². The lowest BCUT2D eigenvalue weighted by atomic mass is 10.4. The first kappa shape index (κ1) is 13.9. The molecule has 2 heterocycles. The minimum absolute atomic E-state index is 0.0430. The fourth-order valence-corrected chi connectivity index (χ4v) is 1.66. The van der Waals surface area contributed by atoms with Crippen molar-refractivity contribution in [2.75, 3.05) is 11.9 Å². The number of nitrogens with zero attached hydrogens (tertiary/aromatic N) is 2. The minimum atomic E-state index is -0.395. The summed E-state index contributed by atoms with van der Waals surface area (Å²) in [4.78, 5) is 27.3. The number of ether oxygens (including phenoxy) is 1. The minimum Gasteiger partial charge on any atom is -0.476 e. The van der Waals surface area contributed by atoms with Crippen LogP contribution in [0.4, 0.5) is 5.95 Å². The van der Waals surface area contributed by atoms with Gasteiger partial charge in [0.2, 0.25) is 17.1 Å². The van der Waals surface area contributed by atoms with Gasteiger partial charge in [-0.15, -0.1) is 0 Å². The standard InChI is InChI=1S/C13H15N3O4/c1-3-16-6-5-14-13(16)15-11(18)8-20-12-9(2)19-7-4-10(12)17/h4-7H,3,8H2,1-2H3,(H,14,15,18). The quantitative estimate of drug-likeness (QED) is 0.886. The Kier molecular flexibility index (Phi) is 4.19. The second kappa shape index (κ2) is 6.05. The van der Waals surface area contributed by atoms with Crippen LogP contribution < -0.4 is 15.5 Å². The topological polar surface area (TPSA) is 86.4 Å². The van der Waals surface area contributed by atoms with Gasteiger partial charge < -0.3 is 13.7 Å². The van der Waals surface area contributed by atoms with Crippen LogP contribution in [-0.4, -0.2) is 22.1 Å². The van der Waals surface area contributed by atoms with E-state index in [-0.39, 0.29) is 17.8 Å². The van der Waals surface area contributed by atoms with Crippen LogP contribution in [0.25, 0.3) is 0 Å². The molecular weight excluding hydrogens is 262 g/mol. The van der Waals surface area contributed by atoms with Gasteiger partial charge in [0.15, 0.2) is 6.61 Å². The van der Waals surface area contributed by atoms with E-state index in [2.05, 4.69) is 10.3 Å². The number of imidazole rings is 1. The van der Waals surface area contributed by atoms with E-state index in [9.17, 15) is 9.59 Å². The molecule has 0 atom stereocenters. The van der Waals surface area contributed by atoms with Gasteiger partial charge in [-0.05, 0) is 13.8 Å². The number of aryl methyl sites for hydroxylation is 2. The third-order valence-corrected chi connectivity index (χ3v) is 2.66. The number of hydrogen-bond acceptors (Lipinski definition) is 5. The molecule has 7 nitrogen and oxygen atoms in total. The summed E-state index contributed by atoms with van der Waals surface area (Å²) in [5, 5.41) is 2.61. The molecule has 0 aliphatic heterocycles. The highest BCUT2D eigenvalue weighted by Gasteiger charge is 2.11. The molecule has 0 saturated heterocycles. The first-order chi connectivity index (χ1) is 9.61. The van der Waals surface area contributed by atoms with E-state index in [1.807, 2.05) is 6.92 Å². The molecule has 0 spiro atoms. The number of anilines is 1. The number of aromatic nitrogens is 2. The molecular formula is C13H15N3O4. The van der Waals surface area contributed by atoms with E-state index in [4.69, 9.17) is 9.15 Å².